The third kappa shape index (κ3) is 1.48. The Morgan fingerprint density at radius 1 is 1.33 bits per heavy atom. The highest BCUT2D eigenvalue weighted by molar-refractivity contribution is 6.31. The summed E-state index contributed by atoms with van der Waals surface area (Å²) in [6.07, 6.45) is 8.28. The summed E-state index contributed by atoms with van der Waals surface area (Å²) >= 11 is 5.98. The van der Waals surface area contributed by atoms with Gasteiger partial charge in [-0.3, -0.25) is 5.10 Å². The van der Waals surface area contributed by atoms with Gasteiger partial charge in [-0.05, 0) is 12.8 Å². The maximum atomic E-state index is 5.98. The van der Waals surface area contributed by atoms with E-state index in [1.165, 1.54) is 32.1 Å². The van der Waals surface area contributed by atoms with Crippen molar-refractivity contribution in [2.45, 2.75) is 38.0 Å². The van der Waals surface area contributed by atoms with Gasteiger partial charge in [0.05, 0.1) is 16.9 Å². The molecule has 12 heavy (non-hydrogen) atoms. The molecular weight excluding hydrogens is 172 g/mol. The van der Waals surface area contributed by atoms with Gasteiger partial charge in [-0.1, -0.05) is 30.9 Å². The third-order valence-electron chi connectivity index (χ3n) is 2.63. The van der Waals surface area contributed by atoms with Gasteiger partial charge in [-0.15, -0.1) is 0 Å². The van der Waals surface area contributed by atoms with Crippen molar-refractivity contribution in [2.75, 3.05) is 0 Å². The quantitative estimate of drug-likeness (QED) is 0.714. The van der Waals surface area contributed by atoms with Crippen LogP contribution in [0.15, 0.2) is 6.20 Å². The van der Waals surface area contributed by atoms with Crippen LogP contribution >= 0.6 is 11.6 Å². The van der Waals surface area contributed by atoms with Crippen molar-refractivity contribution < 1.29 is 0 Å². The molecule has 66 valence electrons. The predicted octanol–water partition coefficient (Wildman–Crippen LogP) is 3.11. The molecule has 3 heteroatoms. The van der Waals surface area contributed by atoms with E-state index >= 15 is 0 Å². The lowest BCUT2D eigenvalue weighted by molar-refractivity contribution is 0.436. The van der Waals surface area contributed by atoms with Crippen molar-refractivity contribution in [3.05, 3.63) is 16.9 Å². The highest BCUT2D eigenvalue weighted by Crippen LogP contribution is 2.34. The lowest BCUT2D eigenvalue weighted by Gasteiger charge is -2.20. The highest BCUT2D eigenvalue weighted by atomic mass is 35.5. The molecule has 0 aliphatic heterocycles. The molecule has 1 saturated carbocycles. The first-order valence-corrected chi connectivity index (χ1v) is 4.94. The average Bonchev–Trinajstić information content (AvgIpc) is 2.53. The Balaban J connectivity index is 2.13. The van der Waals surface area contributed by atoms with Crippen LogP contribution in [0.25, 0.3) is 0 Å². The monoisotopic (exact) mass is 184 g/mol. The van der Waals surface area contributed by atoms with E-state index < -0.39 is 0 Å². The molecule has 1 aromatic heterocycles. The van der Waals surface area contributed by atoms with Crippen LogP contribution in [0.1, 0.15) is 43.7 Å². The molecule has 1 aliphatic carbocycles. The number of halogens is 1. The second-order valence-electron chi connectivity index (χ2n) is 3.47. The minimum Gasteiger partial charge on any atom is -0.281 e. The molecule has 0 radical (unpaired) electrons. The van der Waals surface area contributed by atoms with Gasteiger partial charge in [0.2, 0.25) is 0 Å². The molecule has 0 spiro atoms. The molecule has 1 fully saturated rings. The molecule has 1 aliphatic rings. The van der Waals surface area contributed by atoms with Crippen molar-refractivity contribution in [3.8, 4) is 0 Å². The molecule has 0 bridgehead atoms. The third-order valence-corrected chi connectivity index (χ3v) is 2.93. The Morgan fingerprint density at radius 2 is 2.08 bits per heavy atom. The first-order chi connectivity index (χ1) is 5.88. The Kier molecular flexibility index (Phi) is 2.35. The minimum absolute atomic E-state index is 0.633. The number of nitrogens with zero attached hydrogens (tertiary/aromatic N) is 1. The Morgan fingerprint density at radius 3 is 2.67 bits per heavy atom. The van der Waals surface area contributed by atoms with E-state index in [1.807, 2.05) is 0 Å². The van der Waals surface area contributed by atoms with Gasteiger partial charge >= 0.3 is 0 Å². The summed E-state index contributed by atoms with van der Waals surface area (Å²) in [4.78, 5) is 0. The molecule has 1 heterocycles. The van der Waals surface area contributed by atoms with Crippen molar-refractivity contribution in [2.24, 2.45) is 0 Å². The van der Waals surface area contributed by atoms with E-state index in [9.17, 15) is 0 Å². The summed E-state index contributed by atoms with van der Waals surface area (Å²) in [5.74, 6) is 0.633. The van der Waals surface area contributed by atoms with Gasteiger partial charge in [0, 0.05) is 5.92 Å². The molecule has 0 amide bonds. The Hall–Kier alpha value is -0.500. The summed E-state index contributed by atoms with van der Waals surface area (Å²) in [5.41, 5.74) is 1.15. The van der Waals surface area contributed by atoms with Crippen LogP contribution in [-0.4, -0.2) is 10.2 Å². The zero-order chi connectivity index (χ0) is 8.39. The molecule has 1 aromatic rings. The van der Waals surface area contributed by atoms with Crippen molar-refractivity contribution in [1.82, 2.24) is 10.2 Å². The van der Waals surface area contributed by atoms with Gasteiger partial charge in [0.1, 0.15) is 0 Å². The molecule has 0 aromatic carbocycles. The fraction of sp³-hybridized carbons (Fsp3) is 0.667. The molecular formula is C9H13ClN2. The van der Waals surface area contributed by atoms with E-state index in [0.29, 0.717) is 5.92 Å². The number of hydrogen-bond acceptors (Lipinski definition) is 1. The van der Waals surface area contributed by atoms with Crippen molar-refractivity contribution >= 4 is 11.6 Å². The maximum Gasteiger partial charge on any atom is 0.0818 e. The second kappa shape index (κ2) is 3.48. The Labute approximate surface area is 77.3 Å². The SMILES string of the molecule is Clc1cn[nH]c1C1CCCCC1. The first-order valence-electron chi connectivity index (χ1n) is 4.56. The van der Waals surface area contributed by atoms with Crippen LogP contribution in [0.3, 0.4) is 0 Å². The lowest BCUT2D eigenvalue weighted by atomic mass is 9.87. The predicted molar refractivity (Wildman–Crippen MR) is 49.4 cm³/mol. The smallest absolute Gasteiger partial charge is 0.0818 e. The summed E-state index contributed by atoms with van der Waals surface area (Å²) in [7, 11) is 0. The van der Waals surface area contributed by atoms with E-state index in [0.717, 1.165) is 10.7 Å². The number of nitrogens with one attached hydrogen (secondary N) is 1. The minimum atomic E-state index is 0.633. The van der Waals surface area contributed by atoms with E-state index in [1.54, 1.807) is 6.20 Å². The Bertz CT molecular complexity index is 251. The number of aromatic amines is 1. The standard InChI is InChI=1S/C9H13ClN2/c10-8-6-11-12-9(8)7-4-2-1-3-5-7/h6-7H,1-5H2,(H,11,12). The largest absolute Gasteiger partial charge is 0.281 e. The van der Waals surface area contributed by atoms with Crippen LogP contribution in [0.5, 0.6) is 0 Å². The number of rotatable bonds is 1. The van der Waals surface area contributed by atoms with E-state index in [-0.39, 0.29) is 0 Å². The number of H-pyrrole nitrogens is 1. The maximum absolute atomic E-state index is 5.98. The molecule has 0 atom stereocenters. The zero-order valence-corrected chi connectivity index (χ0v) is 7.77. The first kappa shape index (κ1) is 8.11. The van der Waals surface area contributed by atoms with Gasteiger partial charge in [0.25, 0.3) is 0 Å². The average molecular weight is 185 g/mol. The van der Waals surface area contributed by atoms with Crippen LogP contribution < -0.4 is 0 Å². The summed E-state index contributed by atoms with van der Waals surface area (Å²) in [5, 5.41) is 7.74. The van der Waals surface area contributed by atoms with E-state index in [4.69, 9.17) is 11.6 Å². The molecule has 2 rings (SSSR count). The fourth-order valence-electron chi connectivity index (χ4n) is 1.96. The van der Waals surface area contributed by atoms with Crippen molar-refractivity contribution in [3.63, 3.8) is 0 Å². The van der Waals surface area contributed by atoms with E-state index in [2.05, 4.69) is 10.2 Å². The molecule has 2 nitrogen and oxygen atoms in total. The lowest BCUT2D eigenvalue weighted by Crippen LogP contribution is -2.05. The number of aromatic nitrogens is 2. The second-order valence-corrected chi connectivity index (χ2v) is 3.87. The molecule has 0 saturated heterocycles. The van der Waals surface area contributed by atoms with Crippen LogP contribution in [0, 0.1) is 0 Å². The fourth-order valence-corrected chi connectivity index (χ4v) is 2.20. The highest BCUT2D eigenvalue weighted by Gasteiger charge is 2.18. The van der Waals surface area contributed by atoms with Gasteiger partial charge in [-0.2, -0.15) is 5.10 Å². The van der Waals surface area contributed by atoms with Crippen LogP contribution in [-0.2, 0) is 0 Å². The van der Waals surface area contributed by atoms with Crippen LogP contribution in [0.4, 0.5) is 0 Å². The number of hydrogen-bond donors (Lipinski definition) is 1. The molecule has 0 unspecified atom stereocenters. The summed E-state index contributed by atoms with van der Waals surface area (Å²) < 4.78 is 0. The normalized spacial score (nSPS) is 19.8. The van der Waals surface area contributed by atoms with Crippen LogP contribution in [0.2, 0.25) is 5.02 Å². The van der Waals surface area contributed by atoms with Crippen molar-refractivity contribution in [1.29, 1.82) is 0 Å². The summed E-state index contributed by atoms with van der Waals surface area (Å²) in [6.45, 7) is 0. The van der Waals surface area contributed by atoms with Gasteiger partial charge in [-0.25, -0.2) is 0 Å². The topological polar surface area (TPSA) is 28.7 Å². The zero-order valence-electron chi connectivity index (χ0n) is 7.02. The summed E-state index contributed by atoms with van der Waals surface area (Å²) in [6, 6.07) is 0. The van der Waals surface area contributed by atoms with Gasteiger partial charge < -0.3 is 0 Å². The van der Waals surface area contributed by atoms with Gasteiger partial charge in [0.15, 0.2) is 0 Å². The molecule has 1 N–H and O–H groups in total.